The van der Waals surface area contributed by atoms with E-state index in [0.717, 1.165) is 6.42 Å². The van der Waals surface area contributed by atoms with Gasteiger partial charge in [-0.1, -0.05) is 56.7 Å². The highest BCUT2D eigenvalue weighted by atomic mass is 16.4. The molecule has 412 valence electrons. The third-order valence-corrected chi connectivity index (χ3v) is 12.5. The predicted octanol–water partition coefficient (Wildman–Crippen LogP) is -1.90. The molecule has 4 rings (SSSR count). The van der Waals surface area contributed by atoms with Crippen LogP contribution in [0.25, 0.3) is 0 Å². The summed E-state index contributed by atoms with van der Waals surface area (Å²) >= 11 is 0. The Morgan fingerprint density at radius 3 is 1.29 bits per heavy atom. The summed E-state index contributed by atoms with van der Waals surface area (Å²) in [5.74, 6) is -11.1. The minimum Gasteiger partial charge on any atom is -0.508 e. The summed E-state index contributed by atoms with van der Waals surface area (Å²) in [6, 6.07) is 4.85. The molecule has 0 aliphatic carbocycles. The second-order valence-corrected chi connectivity index (χ2v) is 18.5. The number of carbonyl (C=O) groups is 10. The third kappa shape index (κ3) is 18.9. The Morgan fingerprint density at radius 1 is 0.513 bits per heavy atom. The first kappa shape index (κ1) is 60.2. The van der Waals surface area contributed by atoms with Crippen LogP contribution in [0.2, 0.25) is 0 Å². The number of nitrogens with one attached hydrogen (secondary N) is 9. The van der Waals surface area contributed by atoms with E-state index in [2.05, 4.69) is 42.5 Å². The number of aliphatic hydroxyl groups excluding tert-OH is 1. The number of aliphatic carboxylic acids is 2. The van der Waals surface area contributed by atoms with Gasteiger partial charge in [-0.25, -0.2) is 4.79 Å². The largest absolute Gasteiger partial charge is 0.508 e. The number of aliphatic hydroxyl groups is 1. The first-order chi connectivity index (χ1) is 36.0. The molecule has 1 aliphatic rings. The minimum absolute atomic E-state index is 0.0215. The van der Waals surface area contributed by atoms with Crippen LogP contribution in [0.3, 0.4) is 0 Å². The van der Waals surface area contributed by atoms with Crippen LogP contribution < -0.4 is 47.9 Å². The molecule has 10 unspecified atom stereocenters. The van der Waals surface area contributed by atoms with Gasteiger partial charge in [0.15, 0.2) is 0 Å². The standard InChI is InChI=1S/C51H67N9O16/c1-5-26(2)42(50(74)58-39(24-41(65)66)49(73)59-40(25-61)51(75)76)60-44(68)28(4)54-46(70)36(21-29-8-14-32(62)15-9-29)55-43(67)27(3)53-47(71)37(22-30-10-16-33(63)17-11-30)57-48(72)38(23-31-12-18-34(64)19-13-31)56-45(69)35-7-6-20-52-35/h8-19,26-28,35-40,42,52,61-64H,5-7,20-25H2,1-4H3,(H,53,71)(H,54,70)(H,55,67)(H,56,69)(H,57,72)(H,58,74)(H,59,73)(H,60,68)(H,65,66)(H,75,76). The summed E-state index contributed by atoms with van der Waals surface area (Å²) in [5, 5.41) is 80.5. The highest BCUT2D eigenvalue weighted by Gasteiger charge is 2.36. The fourth-order valence-corrected chi connectivity index (χ4v) is 7.82. The summed E-state index contributed by atoms with van der Waals surface area (Å²) in [6.07, 6.45) is 0.131. The fraction of sp³-hybridized carbons (Fsp3) is 0.451. The molecule has 25 nitrogen and oxygen atoms in total. The van der Waals surface area contributed by atoms with Crippen LogP contribution >= 0.6 is 0 Å². The van der Waals surface area contributed by atoms with Crippen molar-refractivity contribution in [3.8, 4) is 17.2 Å². The first-order valence-electron chi connectivity index (χ1n) is 24.5. The number of aromatic hydroxyl groups is 3. The molecular weight excluding hydrogens is 995 g/mol. The van der Waals surface area contributed by atoms with Crippen LogP contribution in [-0.4, -0.2) is 157 Å². The van der Waals surface area contributed by atoms with Gasteiger partial charge in [-0.15, -0.1) is 0 Å². The van der Waals surface area contributed by atoms with Crippen LogP contribution in [0.5, 0.6) is 17.2 Å². The molecule has 0 radical (unpaired) electrons. The van der Waals surface area contributed by atoms with Gasteiger partial charge in [-0.2, -0.15) is 0 Å². The Morgan fingerprint density at radius 2 is 0.895 bits per heavy atom. The first-order valence-corrected chi connectivity index (χ1v) is 24.5. The molecule has 1 heterocycles. The van der Waals surface area contributed by atoms with Crippen molar-refractivity contribution >= 4 is 59.2 Å². The van der Waals surface area contributed by atoms with Crippen molar-refractivity contribution in [2.24, 2.45) is 5.92 Å². The Labute approximate surface area is 437 Å². The third-order valence-electron chi connectivity index (χ3n) is 12.5. The molecule has 10 atom stereocenters. The van der Waals surface area contributed by atoms with E-state index >= 15 is 0 Å². The van der Waals surface area contributed by atoms with Crippen LogP contribution in [0.15, 0.2) is 72.8 Å². The monoisotopic (exact) mass is 1060 g/mol. The average Bonchev–Trinajstić information content (AvgIpc) is 3.93. The molecule has 0 spiro atoms. The molecule has 0 aromatic heterocycles. The molecule has 3 aromatic carbocycles. The summed E-state index contributed by atoms with van der Waals surface area (Å²) in [4.78, 5) is 133. The highest BCUT2D eigenvalue weighted by molar-refractivity contribution is 5.98. The fourth-order valence-electron chi connectivity index (χ4n) is 7.82. The van der Waals surface area contributed by atoms with E-state index in [4.69, 9.17) is 0 Å². The van der Waals surface area contributed by atoms with Crippen LogP contribution in [-0.2, 0) is 67.2 Å². The number of carbonyl (C=O) groups excluding carboxylic acids is 8. The normalized spacial score (nSPS) is 16.5. The van der Waals surface area contributed by atoms with Crippen molar-refractivity contribution in [2.75, 3.05) is 13.2 Å². The van der Waals surface area contributed by atoms with Gasteiger partial charge < -0.3 is 78.5 Å². The molecule has 25 heteroatoms. The molecule has 15 N–H and O–H groups in total. The summed E-state index contributed by atoms with van der Waals surface area (Å²) < 4.78 is 0. The Kier molecular flexibility index (Phi) is 22.9. The Balaban J connectivity index is 1.53. The SMILES string of the molecule is CCC(C)C(NC(=O)C(C)NC(=O)C(Cc1ccc(O)cc1)NC(=O)C(C)NC(=O)C(Cc1ccc(O)cc1)NC(=O)C(Cc1ccc(O)cc1)NC(=O)C1CCCN1)C(=O)NC(CC(=O)O)C(=O)NC(CO)C(=O)O. The van der Waals surface area contributed by atoms with Gasteiger partial charge in [-0.05, 0) is 92.2 Å². The van der Waals surface area contributed by atoms with E-state index in [1.807, 2.05) is 5.32 Å². The van der Waals surface area contributed by atoms with Crippen LogP contribution in [0.1, 0.15) is 70.1 Å². The highest BCUT2D eigenvalue weighted by Crippen LogP contribution is 2.17. The maximum absolute atomic E-state index is 14.2. The van der Waals surface area contributed by atoms with Crippen molar-refractivity contribution in [1.82, 2.24) is 47.9 Å². The van der Waals surface area contributed by atoms with Gasteiger partial charge in [0.05, 0.1) is 19.1 Å². The van der Waals surface area contributed by atoms with E-state index in [1.54, 1.807) is 26.0 Å². The lowest BCUT2D eigenvalue weighted by atomic mass is 9.97. The van der Waals surface area contributed by atoms with E-state index in [-0.39, 0.29) is 42.9 Å². The average molecular weight is 1060 g/mol. The van der Waals surface area contributed by atoms with Crippen LogP contribution in [0.4, 0.5) is 0 Å². The zero-order valence-electron chi connectivity index (χ0n) is 42.3. The van der Waals surface area contributed by atoms with Crippen molar-refractivity contribution in [2.45, 2.75) is 127 Å². The Bertz CT molecular complexity index is 2520. The number of carboxylic acids is 2. The zero-order chi connectivity index (χ0) is 56.2. The van der Waals surface area contributed by atoms with Crippen LogP contribution in [0, 0.1) is 5.92 Å². The zero-order valence-corrected chi connectivity index (χ0v) is 42.3. The Hall–Kier alpha value is -8.32. The van der Waals surface area contributed by atoms with Crippen molar-refractivity contribution in [3.05, 3.63) is 89.5 Å². The van der Waals surface area contributed by atoms with E-state index in [9.17, 15) is 78.6 Å². The number of phenols is 3. The van der Waals surface area contributed by atoms with Crippen molar-refractivity contribution in [3.63, 3.8) is 0 Å². The molecule has 3 aromatic rings. The molecule has 1 fully saturated rings. The number of benzene rings is 3. The molecule has 1 aliphatic heterocycles. The lowest BCUT2D eigenvalue weighted by Crippen LogP contribution is -2.61. The summed E-state index contributed by atoms with van der Waals surface area (Å²) in [6.45, 7) is 5.36. The molecule has 0 saturated carbocycles. The maximum atomic E-state index is 14.2. The molecule has 0 bridgehead atoms. The lowest BCUT2D eigenvalue weighted by molar-refractivity contribution is -0.144. The topological polar surface area (TPSA) is 400 Å². The molecule has 1 saturated heterocycles. The quantitative estimate of drug-likeness (QED) is 0.0378. The lowest BCUT2D eigenvalue weighted by Gasteiger charge is -2.28. The predicted molar refractivity (Wildman–Crippen MR) is 270 cm³/mol. The number of hydrogen-bond acceptors (Lipinski definition) is 15. The van der Waals surface area contributed by atoms with E-state index in [0.29, 0.717) is 29.7 Å². The number of carboxylic acid groups (broad SMARTS) is 2. The van der Waals surface area contributed by atoms with Gasteiger partial charge >= 0.3 is 11.9 Å². The van der Waals surface area contributed by atoms with Gasteiger partial charge in [0, 0.05) is 19.3 Å². The second-order valence-electron chi connectivity index (χ2n) is 18.5. The number of phenolic OH excluding ortho intramolecular Hbond substituents is 3. The number of hydrogen-bond donors (Lipinski definition) is 15. The van der Waals surface area contributed by atoms with Gasteiger partial charge in [-0.3, -0.25) is 43.2 Å². The van der Waals surface area contributed by atoms with E-state index in [1.165, 1.54) is 74.5 Å². The van der Waals surface area contributed by atoms with Crippen molar-refractivity contribution < 1.29 is 78.6 Å². The van der Waals surface area contributed by atoms with Crippen molar-refractivity contribution in [1.29, 1.82) is 0 Å². The maximum Gasteiger partial charge on any atom is 0.328 e. The van der Waals surface area contributed by atoms with Gasteiger partial charge in [0.1, 0.15) is 65.6 Å². The van der Waals surface area contributed by atoms with Gasteiger partial charge in [0.2, 0.25) is 47.3 Å². The minimum atomic E-state index is -1.84. The molecule has 8 amide bonds. The summed E-state index contributed by atoms with van der Waals surface area (Å²) in [5.41, 5.74) is 1.50. The molecular formula is C51H67N9O16. The summed E-state index contributed by atoms with van der Waals surface area (Å²) in [7, 11) is 0. The number of amides is 8. The van der Waals surface area contributed by atoms with Gasteiger partial charge in [0.25, 0.3) is 0 Å². The smallest absolute Gasteiger partial charge is 0.328 e. The second kappa shape index (κ2) is 28.9. The molecule has 76 heavy (non-hydrogen) atoms. The number of rotatable bonds is 28. The van der Waals surface area contributed by atoms with E-state index < -0.39 is 133 Å².